The summed E-state index contributed by atoms with van der Waals surface area (Å²) in [6.07, 6.45) is 6.40. The van der Waals surface area contributed by atoms with E-state index in [1.165, 1.54) is 24.1 Å². The quantitative estimate of drug-likeness (QED) is 0.798. The minimum absolute atomic E-state index is 0.0868. The van der Waals surface area contributed by atoms with E-state index in [1.807, 2.05) is 15.9 Å². The second-order valence-electron chi connectivity index (χ2n) is 6.80. The summed E-state index contributed by atoms with van der Waals surface area (Å²) in [7, 11) is 0. The Morgan fingerprint density at radius 3 is 2.33 bits per heavy atom. The van der Waals surface area contributed by atoms with E-state index in [4.69, 9.17) is 0 Å². The van der Waals surface area contributed by atoms with Crippen LogP contribution in [0.15, 0.2) is 12.7 Å². The largest absolute Gasteiger partial charge is 0.339 e. The van der Waals surface area contributed by atoms with Crippen molar-refractivity contribution in [3.8, 4) is 0 Å². The first-order chi connectivity index (χ1) is 11.5. The lowest BCUT2D eigenvalue weighted by Crippen LogP contribution is -2.50. The van der Waals surface area contributed by atoms with Crippen LogP contribution in [-0.4, -0.2) is 52.4 Å². The predicted octanol–water partition coefficient (Wildman–Crippen LogP) is 2.17. The Balaban J connectivity index is 1.88. The molecule has 0 aromatic carbocycles. The van der Waals surface area contributed by atoms with Crippen LogP contribution in [-0.2, 0) is 24.2 Å². The molecule has 5 nitrogen and oxygen atoms in total. The Morgan fingerprint density at radius 2 is 1.71 bits per heavy atom. The summed E-state index contributed by atoms with van der Waals surface area (Å²) in [5, 5.41) is 0. The Bertz CT molecular complexity index is 667. The van der Waals surface area contributed by atoms with E-state index < -0.39 is 0 Å². The molecule has 0 bridgehead atoms. The van der Waals surface area contributed by atoms with Gasteiger partial charge in [0.2, 0.25) is 5.91 Å². The molecule has 1 aromatic heterocycles. The lowest BCUT2D eigenvalue weighted by Gasteiger charge is -2.34. The maximum absolute atomic E-state index is 13.2. The highest BCUT2D eigenvalue weighted by atomic mass is 16.2. The standard InChI is InChI=1S/C19H27N3O2/c1-4-9-22-17-8-6-5-7-16(17)14(2)18(22)19(24)21-12-10-20(11-13-21)15(3)23/h4H,1,5-13H2,2-3H3. The molecule has 130 valence electrons. The normalized spacial score (nSPS) is 17.6. The van der Waals surface area contributed by atoms with Crippen LogP contribution >= 0.6 is 0 Å². The van der Waals surface area contributed by atoms with Crippen LogP contribution in [0.25, 0.3) is 0 Å². The number of piperazine rings is 1. The van der Waals surface area contributed by atoms with Crippen LogP contribution in [0, 0.1) is 6.92 Å². The summed E-state index contributed by atoms with van der Waals surface area (Å²) in [6, 6.07) is 0. The smallest absolute Gasteiger partial charge is 0.270 e. The van der Waals surface area contributed by atoms with E-state index in [-0.39, 0.29) is 11.8 Å². The second-order valence-corrected chi connectivity index (χ2v) is 6.80. The van der Waals surface area contributed by atoms with Crippen molar-refractivity contribution >= 4 is 11.8 Å². The van der Waals surface area contributed by atoms with Crippen molar-refractivity contribution in [2.45, 2.75) is 46.1 Å². The molecule has 0 spiro atoms. The maximum Gasteiger partial charge on any atom is 0.270 e. The molecule has 0 atom stereocenters. The number of hydrogen-bond acceptors (Lipinski definition) is 2. The molecule has 3 rings (SSSR count). The molecular formula is C19H27N3O2. The van der Waals surface area contributed by atoms with Crippen LogP contribution in [0.3, 0.4) is 0 Å². The molecule has 0 unspecified atom stereocenters. The van der Waals surface area contributed by atoms with E-state index in [0.29, 0.717) is 32.7 Å². The third-order valence-electron chi connectivity index (χ3n) is 5.37. The van der Waals surface area contributed by atoms with Gasteiger partial charge in [-0.15, -0.1) is 6.58 Å². The first kappa shape index (κ1) is 16.8. The van der Waals surface area contributed by atoms with Gasteiger partial charge in [0.05, 0.1) is 0 Å². The number of nitrogens with zero attached hydrogens (tertiary/aromatic N) is 3. The average Bonchev–Trinajstić information content (AvgIpc) is 2.87. The van der Waals surface area contributed by atoms with Crippen molar-refractivity contribution in [3.63, 3.8) is 0 Å². The molecule has 2 aliphatic rings. The minimum Gasteiger partial charge on any atom is -0.339 e. The fraction of sp³-hybridized carbons (Fsp3) is 0.579. The van der Waals surface area contributed by atoms with E-state index in [1.54, 1.807) is 6.92 Å². The molecule has 2 heterocycles. The van der Waals surface area contributed by atoms with E-state index in [2.05, 4.69) is 18.1 Å². The van der Waals surface area contributed by atoms with Gasteiger partial charge in [-0.2, -0.15) is 0 Å². The van der Waals surface area contributed by atoms with Crippen LogP contribution in [0.2, 0.25) is 0 Å². The number of carbonyl (C=O) groups is 2. The highest BCUT2D eigenvalue weighted by Crippen LogP contribution is 2.30. The SMILES string of the molecule is C=CCn1c2c(c(C)c1C(=O)N1CCN(C(C)=O)CC1)CCCC2. The average molecular weight is 329 g/mol. The van der Waals surface area contributed by atoms with Gasteiger partial charge in [0.1, 0.15) is 5.69 Å². The Morgan fingerprint density at radius 1 is 1.08 bits per heavy atom. The fourth-order valence-electron chi connectivity index (χ4n) is 4.05. The van der Waals surface area contributed by atoms with Gasteiger partial charge in [0, 0.05) is 45.3 Å². The first-order valence-electron chi connectivity index (χ1n) is 8.91. The Kier molecular flexibility index (Phi) is 4.78. The zero-order valence-electron chi connectivity index (χ0n) is 14.8. The van der Waals surface area contributed by atoms with Crippen LogP contribution in [0.4, 0.5) is 0 Å². The van der Waals surface area contributed by atoms with Crippen molar-refractivity contribution < 1.29 is 9.59 Å². The van der Waals surface area contributed by atoms with Crippen LogP contribution in [0.1, 0.15) is 47.1 Å². The summed E-state index contributed by atoms with van der Waals surface area (Å²) in [5.41, 5.74) is 4.67. The molecule has 0 saturated carbocycles. The highest BCUT2D eigenvalue weighted by Gasteiger charge is 2.30. The van der Waals surface area contributed by atoms with Crippen molar-refractivity contribution in [2.75, 3.05) is 26.2 Å². The summed E-state index contributed by atoms with van der Waals surface area (Å²) in [6.45, 7) is 10.7. The molecule has 1 aliphatic heterocycles. The van der Waals surface area contributed by atoms with E-state index >= 15 is 0 Å². The number of rotatable bonds is 3. The Labute approximate surface area is 143 Å². The molecule has 0 N–H and O–H groups in total. The van der Waals surface area contributed by atoms with Gasteiger partial charge in [-0.05, 0) is 43.7 Å². The summed E-state index contributed by atoms with van der Waals surface area (Å²) in [5.74, 6) is 0.190. The molecule has 1 aromatic rings. The molecule has 24 heavy (non-hydrogen) atoms. The number of aromatic nitrogens is 1. The summed E-state index contributed by atoms with van der Waals surface area (Å²) in [4.78, 5) is 28.4. The monoisotopic (exact) mass is 329 g/mol. The van der Waals surface area contributed by atoms with Gasteiger partial charge >= 0.3 is 0 Å². The van der Waals surface area contributed by atoms with Crippen molar-refractivity contribution in [1.82, 2.24) is 14.4 Å². The third-order valence-corrected chi connectivity index (χ3v) is 5.37. The zero-order valence-corrected chi connectivity index (χ0v) is 14.8. The lowest BCUT2D eigenvalue weighted by molar-refractivity contribution is -0.130. The second kappa shape index (κ2) is 6.83. The molecule has 1 saturated heterocycles. The topological polar surface area (TPSA) is 45.6 Å². The van der Waals surface area contributed by atoms with Gasteiger partial charge < -0.3 is 14.4 Å². The number of amides is 2. The van der Waals surface area contributed by atoms with Gasteiger partial charge in [0.25, 0.3) is 5.91 Å². The Hall–Kier alpha value is -2.04. The fourth-order valence-corrected chi connectivity index (χ4v) is 4.05. The van der Waals surface area contributed by atoms with E-state index in [0.717, 1.165) is 24.1 Å². The molecular weight excluding hydrogens is 302 g/mol. The predicted molar refractivity (Wildman–Crippen MR) is 94.2 cm³/mol. The lowest BCUT2D eigenvalue weighted by atomic mass is 9.95. The van der Waals surface area contributed by atoms with Gasteiger partial charge in [-0.3, -0.25) is 9.59 Å². The van der Waals surface area contributed by atoms with Gasteiger partial charge in [-0.1, -0.05) is 6.08 Å². The minimum atomic E-state index is 0.0868. The van der Waals surface area contributed by atoms with E-state index in [9.17, 15) is 9.59 Å². The maximum atomic E-state index is 13.2. The summed E-state index contributed by atoms with van der Waals surface area (Å²) >= 11 is 0. The molecule has 0 radical (unpaired) electrons. The van der Waals surface area contributed by atoms with Crippen molar-refractivity contribution in [1.29, 1.82) is 0 Å². The third kappa shape index (κ3) is 2.87. The number of allylic oxidation sites excluding steroid dienone is 1. The van der Waals surface area contributed by atoms with Crippen molar-refractivity contribution in [2.24, 2.45) is 0 Å². The van der Waals surface area contributed by atoms with Crippen LogP contribution in [0.5, 0.6) is 0 Å². The zero-order chi connectivity index (χ0) is 17.3. The molecule has 1 fully saturated rings. The molecule has 1 aliphatic carbocycles. The number of carbonyl (C=O) groups excluding carboxylic acids is 2. The van der Waals surface area contributed by atoms with Crippen molar-refractivity contribution in [3.05, 3.63) is 35.2 Å². The first-order valence-corrected chi connectivity index (χ1v) is 8.91. The number of fused-ring (bicyclic) bond motifs is 1. The molecule has 5 heteroatoms. The number of hydrogen-bond donors (Lipinski definition) is 0. The summed E-state index contributed by atoms with van der Waals surface area (Å²) < 4.78 is 2.18. The van der Waals surface area contributed by atoms with Crippen LogP contribution < -0.4 is 0 Å². The van der Waals surface area contributed by atoms with Gasteiger partial charge in [0.15, 0.2) is 0 Å². The highest BCUT2D eigenvalue weighted by molar-refractivity contribution is 5.95. The van der Waals surface area contributed by atoms with Gasteiger partial charge in [-0.25, -0.2) is 0 Å². The molecule has 2 amide bonds.